The number of H-pyrrole nitrogens is 1. The zero-order valence-corrected chi connectivity index (χ0v) is 28.9. The molecule has 2 N–H and O–H groups in total. The van der Waals surface area contributed by atoms with Gasteiger partial charge in [0.25, 0.3) is 17.4 Å². The van der Waals surface area contributed by atoms with Crippen LogP contribution in [0.3, 0.4) is 0 Å². The number of benzene rings is 3. The zero-order valence-electron chi connectivity index (χ0n) is 28.9. The average molecular weight is 714 g/mol. The van der Waals surface area contributed by atoms with E-state index in [1.807, 2.05) is 72.8 Å². The van der Waals surface area contributed by atoms with E-state index >= 15 is 0 Å². The van der Waals surface area contributed by atoms with Gasteiger partial charge in [0, 0.05) is 31.0 Å². The predicted molar refractivity (Wildman–Crippen MR) is 184 cm³/mol. The number of rotatable bonds is 13. The Morgan fingerprint density at radius 2 is 1.40 bits per heavy atom. The fraction of sp³-hybridized carbons (Fsp3) is 0.342. The smallest absolute Gasteiger partial charge is 0.333 e. The normalized spacial score (nSPS) is 18.8. The number of methoxy groups -OCH3 is 2. The van der Waals surface area contributed by atoms with Crippen LogP contribution < -0.4 is 20.7 Å². The average Bonchev–Trinajstić information content (AvgIpc) is 3.69. The van der Waals surface area contributed by atoms with Crippen molar-refractivity contribution >= 4 is 17.8 Å². The van der Waals surface area contributed by atoms with E-state index in [0.29, 0.717) is 27.7 Å². The van der Waals surface area contributed by atoms with Gasteiger partial charge >= 0.3 is 11.7 Å². The van der Waals surface area contributed by atoms with Crippen LogP contribution in [0.15, 0.2) is 88.6 Å². The maximum atomic E-state index is 12.6. The van der Waals surface area contributed by atoms with E-state index in [-0.39, 0.29) is 38.7 Å². The number of ether oxygens (including phenoxy) is 4. The van der Waals surface area contributed by atoms with Crippen LogP contribution in [0.25, 0.3) is 0 Å². The number of nitrogens with zero attached hydrogens (tertiary/aromatic N) is 2. The second-order valence-electron chi connectivity index (χ2n) is 12.6. The van der Waals surface area contributed by atoms with Crippen LogP contribution in [0, 0.1) is 6.92 Å². The Balaban J connectivity index is 1.31. The van der Waals surface area contributed by atoms with Crippen LogP contribution in [0.2, 0.25) is 0 Å². The Labute approximate surface area is 298 Å². The molecule has 3 heterocycles. The molecule has 2 amide bonds. The third-order valence-electron chi connectivity index (χ3n) is 9.29. The summed E-state index contributed by atoms with van der Waals surface area (Å²) < 4.78 is 25.2. The quantitative estimate of drug-likeness (QED) is 0.154. The highest BCUT2D eigenvalue weighted by Gasteiger charge is 2.42. The standard InChI is InChI=1S/C38H39N3O11/c1-23-21-40(37(47)39-36(23)46)34-20-30(42)31(51-34)22-50-38(26-9-13-28(48-2)14-10-26,27-11-15-29(49-3)16-12-27)25-7-4-24(5-8-25)6-19-35(45)52-41-32(43)17-18-33(41)44/h4-5,7-16,21,30-31,34,42H,6,17-20,22H2,1-3H3,(H,39,46,47)/t30-,31-,34-/m1/s1. The molecule has 2 saturated heterocycles. The summed E-state index contributed by atoms with van der Waals surface area (Å²) in [5, 5.41) is 11.7. The fourth-order valence-corrected chi connectivity index (χ4v) is 6.40. The number of aliphatic hydroxyl groups is 1. The molecule has 3 aromatic carbocycles. The topological polar surface area (TPSA) is 176 Å². The second-order valence-corrected chi connectivity index (χ2v) is 12.6. The maximum Gasteiger partial charge on any atom is 0.333 e. The lowest BCUT2D eigenvalue weighted by Gasteiger charge is -2.37. The maximum absolute atomic E-state index is 12.6. The summed E-state index contributed by atoms with van der Waals surface area (Å²) in [5.74, 6) is -0.517. The molecule has 6 rings (SSSR count). The second kappa shape index (κ2) is 15.4. The first kappa shape index (κ1) is 36.2. The molecule has 0 spiro atoms. The number of hydrogen-bond acceptors (Lipinski definition) is 11. The van der Waals surface area contributed by atoms with Gasteiger partial charge in [0.1, 0.15) is 29.4 Å². The van der Waals surface area contributed by atoms with Crippen molar-refractivity contribution in [2.24, 2.45) is 0 Å². The van der Waals surface area contributed by atoms with Gasteiger partial charge in [0.2, 0.25) is 0 Å². The van der Waals surface area contributed by atoms with Gasteiger partial charge in [-0.25, -0.2) is 9.59 Å². The van der Waals surface area contributed by atoms with E-state index < -0.39 is 53.1 Å². The highest BCUT2D eigenvalue weighted by atomic mass is 16.7. The molecular weight excluding hydrogens is 674 g/mol. The Morgan fingerprint density at radius 1 is 0.865 bits per heavy atom. The number of aliphatic hydroxyl groups excluding tert-OH is 1. The number of aryl methyl sites for hydroxylation is 2. The Morgan fingerprint density at radius 3 is 1.94 bits per heavy atom. The summed E-state index contributed by atoms with van der Waals surface area (Å²) >= 11 is 0. The minimum absolute atomic E-state index is 0.0149. The monoisotopic (exact) mass is 713 g/mol. The zero-order chi connectivity index (χ0) is 37.0. The first-order valence-corrected chi connectivity index (χ1v) is 16.8. The van der Waals surface area contributed by atoms with Crippen molar-refractivity contribution in [3.05, 3.63) is 128 Å². The fourth-order valence-electron chi connectivity index (χ4n) is 6.40. The molecule has 0 radical (unpaired) electrons. The molecular formula is C38H39N3O11. The molecule has 2 aliphatic rings. The van der Waals surface area contributed by atoms with Gasteiger partial charge in [0.15, 0.2) is 0 Å². The number of hydrogen-bond donors (Lipinski definition) is 2. The summed E-state index contributed by atoms with van der Waals surface area (Å²) in [7, 11) is 3.14. The van der Waals surface area contributed by atoms with Crippen LogP contribution in [0.4, 0.5) is 0 Å². The van der Waals surface area contributed by atoms with Gasteiger partial charge in [-0.05, 0) is 59.9 Å². The molecule has 14 nitrogen and oxygen atoms in total. The number of nitrogens with one attached hydrogen (secondary N) is 1. The van der Waals surface area contributed by atoms with Crippen LogP contribution >= 0.6 is 0 Å². The number of aromatic nitrogens is 2. The first-order chi connectivity index (χ1) is 25.0. The van der Waals surface area contributed by atoms with E-state index in [1.165, 1.54) is 10.8 Å². The summed E-state index contributed by atoms with van der Waals surface area (Å²) in [4.78, 5) is 68.1. The molecule has 1 aromatic heterocycles. The van der Waals surface area contributed by atoms with Gasteiger partial charge in [-0.2, -0.15) is 0 Å². The summed E-state index contributed by atoms with van der Waals surface area (Å²) in [6.07, 6.45) is -0.937. The van der Waals surface area contributed by atoms with E-state index in [1.54, 1.807) is 21.1 Å². The third kappa shape index (κ3) is 7.40. The minimum atomic E-state index is -1.28. The van der Waals surface area contributed by atoms with Gasteiger partial charge < -0.3 is 28.9 Å². The minimum Gasteiger partial charge on any atom is -0.497 e. The van der Waals surface area contributed by atoms with Crippen molar-refractivity contribution in [2.45, 2.75) is 63.1 Å². The van der Waals surface area contributed by atoms with E-state index in [2.05, 4.69) is 4.98 Å². The van der Waals surface area contributed by atoms with E-state index in [9.17, 15) is 29.1 Å². The Kier molecular flexibility index (Phi) is 10.7. The SMILES string of the molecule is COc1ccc(C(OC[C@H]2O[C@@H](n3cc(C)c(=O)[nH]c3=O)C[C@H]2O)(c2ccc(CCC(=O)ON3C(=O)CCC3=O)cc2)c2ccc(OC)cc2)cc1. The van der Waals surface area contributed by atoms with Crippen molar-refractivity contribution in [3.63, 3.8) is 0 Å². The van der Waals surface area contributed by atoms with Crippen molar-refractivity contribution in [3.8, 4) is 11.5 Å². The van der Waals surface area contributed by atoms with Gasteiger partial charge in [0.05, 0.1) is 33.4 Å². The molecule has 0 bridgehead atoms. The molecule has 2 fully saturated rings. The number of aromatic amines is 1. The van der Waals surface area contributed by atoms with Crippen molar-refractivity contribution in [1.29, 1.82) is 0 Å². The van der Waals surface area contributed by atoms with Crippen molar-refractivity contribution < 1.29 is 43.3 Å². The van der Waals surface area contributed by atoms with Crippen LogP contribution in [-0.4, -0.2) is 70.5 Å². The molecule has 3 atom stereocenters. The van der Waals surface area contributed by atoms with Crippen LogP contribution in [0.1, 0.15) is 59.7 Å². The van der Waals surface area contributed by atoms with E-state index in [0.717, 1.165) is 16.7 Å². The number of carbonyl (C=O) groups excluding carboxylic acids is 3. The van der Waals surface area contributed by atoms with Crippen LogP contribution in [-0.2, 0) is 40.7 Å². The molecule has 14 heteroatoms. The largest absolute Gasteiger partial charge is 0.497 e. The Bertz CT molecular complexity index is 1980. The molecule has 272 valence electrons. The molecule has 0 aliphatic carbocycles. The predicted octanol–water partition coefficient (Wildman–Crippen LogP) is 3.06. The van der Waals surface area contributed by atoms with Crippen molar-refractivity contribution in [2.75, 3.05) is 20.8 Å². The summed E-state index contributed by atoms with van der Waals surface area (Å²) in [6, 6.07) is 22.2. The molecule has 4 aromatic rings. The van der Waals surface area contributed by atoms with Gasteiger partial charge in [-0.15, -0.1) is 5.06 Å². The third-order valence-corrected chi connectivity index (χ3v) is 9.29. The first-order valence-electron chi connectivity index (χ1n) is 16.8. The summed E-state index contributed by atoms with van der Waals surface area (Å²) in [5.41, 5.74) is 0.858. The number of amides is 2. The lowest BCUT2D eigenvalue weighted by molar-refractivity contribution is -0.197. The molecule has 0 saturated carbocycles. The molecule has 0 unspecified atom stereocenters. The van der Waals surface area contributed by atoms with E-state index in [4.69, 9.17) is 23.8 Å². The lowest BCUT2D eigenvalue weighted by atomic mass is 9.79. The number of hydroxylamine groups is 2. The van der Waals surface area contributed by atoms with Crippen molar-refractivity contribution in [1.82, 2.24) is 14.6 Å². The van der Waals surface area contributed by atoms with Gasteiger partial charge in [-0.3, -0.25) is 23.9 Å². The highest BCUT2D eigenvalue weighted by molar-refractivity contribution is 6.01. The highest BCUT2D eigenvalue weighted by Crippen LogP contribution is 2.43. The van der Waals surface area contributed by atoms with Crippen LogP contribution in [0.5, 0.6) is 11.5 Å². The Hall–Kier alpha value is -5.57. The lowest BCUT2D eigenvalue weighted by Crippen LogP contribution is -2.38. The number of imide groups is 1. The summed E-state index contributed by atoms with van der Waals surface area (Å²) in [6.45, 7) is 1.48. The molecule has 2 aliphatic heterocycles. The number of carbonyl (C=O) groups is 3. The molecule has 52 heavy (non-hydrogen) atoms. The van der Waals surface area contributed by atoms with Gasteiger partial charge in [-0.1, -0.05) is 48.5 Å².